The second-order valence-corrected chi connectivity index (χ2v) is 6.98. The molecule has 1 aromatic rings. The Morgan fingerprint density at radius 3 is 2.57 bits per heavy atom. The van der Waals surface area contributed by atoms with Crippen molar-refractivity contribution in [3.05, 3.63) is 33.3 Å². The van der Waals surface area contributed by atoms with Crippen LogP contribution in [0.2, 0.25) is 5.02 Å². The van der Waals surface area contributed by atoms with Crippen LogP contribution in [-0.4, -0.2) is 23.5 Å². The van der Waals surface area contributed by atoms with E-state index in [1.807, 2.05) is 13.8 Å². The van der Waals surface area contributed by atoms with E-state index in [1.165, 1.54) is 0 Å². The van der Waals surface area contributed by atoms with Crippen LogP contribution in [-0.2, 0) is 4.79 Å². The molecule has 0 heterocycles. The highest BCUT2D eigenvalue weighted by molar-refractivity contribution is 9.10. The van der Waals surface area contributed by atoms with Gasteiger partial charge in [-0.3, -0.25) is 9.59 Å². The Labute approximate surface area is 138 Å². The SMILES string of the molecule is CC(C)(CCNC(=O)c1ccc(Cl)cc1Br)CCC(=O)O. The largest absolute Gasteiger partial charge is 0.481 e. The molecule has 0 fully saturated rings. The molecule has 0 bridgehead atoms. The monoisotopic (exact) mass is 375 g/mol. The zero-order valence-electron chi connectivity index (χ0n) is 12.1. The van der Waals surface area contributed by atoms with E-state index in [9.17, 15) is 9.59 Å². The van der Waals surface area contributed by atoms with Crippen molar-refractivity contribution < 1.29 is 14.7 Å². The average Bonchev–Trinajstić information content (AvgIpc) is 2.36. The lowest BCUT2D eigenvalue weighted by Crippen LogP contribution is -2.28. The number of amides is 1. The second-order valence-electron chi connectivity index (χ2n) is 5.69. The number of carbonyl (C=O) groups is 2. The standard InChI is InChI=1S/C15H19BrClNO3/c1-15(2,6-5-13(19)20)7-8-18-14(21)11-4-3-10(17)9-12(11)16/h3-4,9H,5-8H2,1-2H3,(H,18,21)(H,19,20). The van der Waals surface area contributed by atoms with E-state index >= 15 is 0 Å². The molecule has 116 valence electrons. The molecule has 0 radical (unpaired) electrons. The quantitative estimate of drug-likeness (QED) is 0.752. The van der Waals surface area contributed by atoms with Gasteiger partial charge in [0.05, 0.1) is 5.56 Å². The summed E-state index contributed by atoms with van der Waals surface area (Å²) in [4.78, 5) is 22.6. The lowest BCUT2D eigenvalue weighted by atomic mass is 9.84. The van der Waals surface area contributed by atoms with E-state index in [4.69, 9.17) is 16.7 Å². The lowest BCUT2D eigenvalue weighted by Gasteiger charge is -2.23. The van der Waals surface area contributed by atoms with E-state index in [-0.39, 0.29) is 17.7 Å². The van der Waals surface area contributed by atoms with Gasteiger partial charge in [0, 0.05) is 22.5 Å². The fourth-order valence-corrected chi connectivity index (χ4v) is 2.72. The highest BCUT2D eigenvalue weighted by atomic mass is 79.9. The van der Waals surface area contributed by atoms with Gasteiger partial charge in [0.25, 0.3) is 5.91 Å². The van der Waals surface area contributed by atoms with Crippen molar-refractivity contribution in [1.82, 2.24) is 5.32 Å². The first kappa shape index (κ1) is 18.0. The molecular formula is C15H19BrClNO3. The highest BCUT2D eigenvalue weighted by Gasteiger charge is 2.19. The summed E-state index contributed by atoms with van der Waals surface area (Å²) in [6.07, 6.45) is 1.45. The number of nitrogens with one attached hydrogen (secondary N) is 1. The van der Waals surface area contributed by atoms with Crippen LogP contribution < -0.4 is 5.32 Å². The van der Waals surface area contributed by atoms with E-state index in [0.717, 1.165) is 6.42 Å². The molecule has 0 aromatic heterocycles. The van der Waals surface area contributed by atoms with Crippen LogP contribution in [0.4, 0.5) is 0 Å². The third kappa shape index (κ3) is 6.48. The maximum Gasteiger partial charge on any atom is 0.303 e. The Hall–Kier alpha value is -1.07. The molecule has 0 saturated heterocycles. The van der Waals surface area contributed by atoms with E-state index in [0.29, 0.717) is 28.0 Å². The molecule has 0 spiro atoms. The van der Waals surface area contributed by atoms with Crippen LogP contribution in [0.5, 0.6) is 0 Å². The maximum absolute atomic E-state index is 12.1. The molecule has 21 heavy (non-hydrogen) atoms. The zero-order chi connectivity index (χ0) is 16.0. The molecular weight excluding hydrogens is 358 g/mol. The van der Waals surface area contributed by atoms with Crippen LogP contribution >= 0.6 is 27.5 Å². The van der Waals surface area contributed by atoms with Crippen molar-refractivity contribution >= 4 is 39.4 Å². The van der Waals surface area contributed by atoms with Gasteiger partial charge in [-0.05, 0) is 52.4 Å². The predicted octanol–water partition coefficient (Wildman–Crippen LogP) is 4.11. The molecule has 1 amide bonds. The van der Waals surface area contributed by atoms with Crippen LogP contribution in [0.3, 0.4) is 0 Å². The molecule has 6 heteroatoms. The third-order valence-corrected chi connectivity index (χ3v) is 4.17. The average molecular weight is 377 g/mol. The maximum atomic E-state index is 12.1. The summed E-state index contributed by atoms with van der Waals surface area (Å²) in [6, 6.07) is 5.00. The van der Waals surface area contributed by atoms with E-state index < -0.39 is 5.97 Å². The van der Waals surface area contributed by atoms with Crippen LogP contribution in [0, 0.1) is 5.41 Å². The minimum atomic E-state index is -0.794. The van der Waals surface area contributed by atoms with Gasteiger partial charge in [0.15, 0.2) is 0 Å². The van der Waals surface area contributed by atoms with Crippen LogP contribution in [0.15, 0.2) is 22.7 Å². The first-order valence-corrected chi connectivity index (χ1v) is 7.83. The Morgan fingerprint density at radius 2 is 2.00 bits per heavy atom. The van der Waals surface area contributed by atoms with E-state index in [1.54, 1.807) is 18.2 Å². The molecule has 0 atom stereocenters. The van der Waals surface area contributed by atoms with E-state index in [2.05, 4.69) is 21.2 Å². The second kappa shape index (κ2) is 7.80. The lowest BCUT2D eigenvalue weighted by molar-refractivity contribution is -0.137. The summed E-state index contributed by atoms with van der Waals surface area (Å²) in [6.45, 7) is 4.50. The molecule has 1 aromatic carbocycles. The molecule has 4 nitrogen and oxygen atoms in total. The number of halogens is 2. The van der Waals surface area contributed by atoms with Crippen molar-refractivity contribution in [3.63, 3.8) is 0 Å². The van der Waals surface area contributed by atoms with Gasteiger partial charge < -0.3 is 10.4 Å². The summed E-state index contributed by atoms with van der Waals surface area (Å²) < 4.78 is 0.651. The van der Waals surface area contributed by atoms with Crippen molar-refractivity contribution in [1.29, 1.82) is 0 Å². The number of rotatable bonds is 7. The van der Waals surface area contributed by atoms with Gasteiger partial charge in [-0.15, -0.1) is 0 Å². The third-order valence-electron chi connectivity index (χ3n) is 3.28. The zero-order valence-corrected chi connectivity index (χ0v) is 14.4. The van der Waals surface area contributed by atoms with Crippen LogP contribution in [0.25, 0.3) is 0 Å². The number of hydrogen-bond acceptors (Lipinski definition) is 2. The number of hydrogen-bond donors (Lipinski definition) is 2. The fraction of sp³-hybridized carbons (Fsp3) is 0.467. The van der Waals surface area contributed by atoms with Gasteiger partial charge in [0.1, 0.15) is 0 Å². The molecule has 0 saturated carbocycles. The fourth-order valence-electron chi connectivity index (χ4n) is 1.85. The van der Waals surface area contributed by atoms with Crippen molar-refractivity contribution in [2.75, 3.05) is 6.54 Å². The van der Waals surface area contributed by atoms with Crippen molar-refractivity contribution in [2.45, 2.75) is 33.1 Å². The first-order chi connectivity index (χ1) is 9.71. The Kier molecular flexibility index (Phi) is 6.68. The predicted molar refractivity (Wildman–Crippen MR) is 86.8 cm³/mol. The van der Waals surface area contributed by atoms with Gasteiger partial charge in [-0.2, -0.15) is 0 Å². The Bertz CT molecular complexity index is 532. The number of carboxylic acid groups (broad SMARTS) is 1. The number of carboxylic acids is 1. The summed E-state index contributed by atoms with van der Waals surface area (Å²) >= 11 is 9.15. The topological polar surface area (TPSA) is 66.4 Å². The van der Waals surface area contributed by atoms with Crippen molar-refractivity contribution in [2.24, 2.45) is 5.41 Å². The highest BCUT2D eigenvalue weighted by Crippen LogP contribution is 2.26. The van der Waals surface area contributed by atoms with Gasteiger partial charge in [-0.1, -0.05) is 25.4 Å². The first-order valence-electron chi connectivity index (χ1n) is 6.66. The molecule has 0 aliphatic heterocycles. The normalized spacial score (nSPS) is 11.2. The van der Waals surface area contributed by atoms with Gasteiger partial charge >= 0.3 is 5.97 Å². The minimum Gasteiger partial charge on any atom is -0.481 e. The number of carbonyl (C=O) groups excluding carboxylic acids is 1. The molecule has 0 aliphatic carbocycles. The molecule has 2 N–H and O–H groups in total. The Balaban J connectivity index is 2.48. The van der Waals surface area contributed by atoms with Crippen molar-refractivity contribution in [3.8, 4) is 0 Å². The minimum absolute atomic E-state index is 0.122. The van der Waals surface area contributed by atoms with Gasteiger partial charge in [-0.25, -0.2) is 0 Å². The Morgan fingerprint density at radius 1 is 1.33 bits per heavy atom. The summed E-state index contributed by atoms with van der Waals surface area (Å²) in [5.41, 5.74) is 0.408. The van der Waals surface area contributed by atoms with Gasteiger partial charge in [0.2, 0.25) is 0 Å². The molecule has 0 unspecified atom stereocenters. The number of aliphatic carboxylic acids is 1. The summed E-state index contributed by atoms with van der Waals surface area (Å²) in [5, 5.41) is 12.1. The summed E-state index contributed by atoms with van der Waals surface area (Å²) in [7, 11) is 0. The van der Waals surface area contributed by atoms with Crippen LogP contribution in [0.1, 0.15) is 43.5 Å². The molecule has 1 rings (SSSR count). The summed E-state index contributed by atoms with van der Waals surface area (Å²) in [5.74, 6) is -0.968. The number of benzene rings is 1. The molecule has 0 aliphatic rings. The smallest absolute Gasteiger partial charge is 0.303 e.